The highest BCUT2D eigenvalue weighted by Crippen LogP contribution is 2.41. The topological polar surface area (TPSA) is 75.5 Å². The van der Waals surface area contributed by atoms with Gasteiger partial charge in [-0.15, -0.1) is 11.3 Å². The van der Waals surface area contributed by atoms with Gasteiger partial charge in [0.25, 0.3) is 5.91 Å². The molecule has 1 amide bonds. The lowest BCUT2D eigenvalue weighted by atomic mass is 9.95. The second kappa shape index (κ2) is 6.98. The van der Waals surface area contributed by atoms with Crippen molar-refractivity contribution >= 4 is 37.4 Å². The number of amides is 1. The van der Waals surface area contributed by atoms with Crippen molar-refractivity contribution in [2.75, 3.05) is 27.2 Å². The quantitative estimate of drug-likeness (QED) is 0.652. The van der Waals surface area contributed by atoms with Gasteiger partial charge in [-0.2, -0.15) is 9.40 Å². The lowest BCUT2D eigenvalue weighted by Crippen LogP contribution is -2.28. The zero-order valence-electron chi connectivity index (χ0n) is 16.0. The largest absolute Gasteiger partial charge is 0.344 e. The number of nitrogens with zero attached hydrogens (tertiary/aromatic N) is 4. The van der Waals surface area contributed by atoms with Crippen LogP contribution < -0.4 is 0 Å². The summed E-state index contributed by atoms with van der Waals surface area (Å²) in [5.74, 6) is -0.0498. The Labute approximate surface area is 168 Å². The molecule has 3 heterocycles. The summed E-state index contributed by atoms with van der Waals surface area (Å²) in [7, 11) is 1.59. The average Bonchev–Trinajstić information content (AvgIpc) is 3.38. The predicted octanol–water partition coefficient (Wildman–Crippen LogP) is 2.51. The van der Waals surface area contributed by atoms with Crippen LogP contribution in [0.25, 0.3) is 10.1 Å². The number of carbonyl (C=O) groups is 1. The monoisotopic (exact) mass is 418 g/mol. The molecule has 7 nitrogen and oxygen atoms in total. The number of aryl methyl sites for hydroxylation is 1. The molecule has 0 spiro atoms. The second-order valence-corrected chi connectivity index (χ2v) is 10.2. The molecule has 1 aliphatic heterocycles. The Morgan fingerprint density at radius 3 is 2.71 bits per heavy atom. The van der Waals surface area contributed by atoms with Gasteiger partial charge in [-0.1, -0.05) is 18.2 Å². The van der Waals surface area contributed by atoms with Crippen LogP contribution in [0.5, 0.6) is 0 Å². The molecular formula is C19H22N4O3S2. The number of hydrogen-bond donors (Lipinski definition) is 0. The van der Waals surface area contributed by atoms with Crippen LogP contribution in [0.4, 0.5) is 0 Å². The van der Waals surface area contributed by atoms with E-state index in [1.807, 2.05) is 24.3 Å². The second-order valence-electron chi connectivity index (χ2n) is 7.24. The minimum Gasteiger partial charge on any atom is -0.344 e. The molecule has 1 aromatic carbocycles. The highest BCUT2D eigenvalue weighted by atomic mass is 32.2. The van der Waals surface area contributed by atoms with Crippen molar-refractivity contribution in [1.29, 1.82) is 0 Å². The minimum absolute atomic E-state index is 0.0125. The van der Waals surface area contributed by atoms with Crippen LogP contribution in [0.3, 0.4) is 0 Å². The fourth-order valence-electron chi connectivity index (χ4n) is 3.70. The smallest absolute Gasteiger partial charge is 0.263 e. The molecule has 3 aromatic rings. The van der Waals surface area contributed by atoms with Gasteiger partial charge in [-0.05, 0) is 23.4 Å². The third-order valence-electron chi connectivity index (χ3n) is 5.11. The molecule has 1 saturated heterocycles. The third kappa shape index (κ3) is 3.13. The molecule has 1 atom stereocenters. The summed E-state index contributed by atoms with van der Waals surface area (Å²) in [4.78, 5) is 15.3. The third-order valence-corrected chi connectivity index (χ3v) is 8.11. The first kappa shape index (κ1) is 19.1. The molecule has 2 aromatic heterocycles. The first-order valence-electron chi connectivity index (χ1n) is 9.01. The van der Waals surface area contributed by atoms with Gasteiger partial charge in [0.15, 0.2) is 0 Å². The summed E-state index contributed by atoms with van der Waals surface area (Å²) in [6.07, 6.45) is 3.58. The lowest BCUT2D eigenvalue weighted by Gasteiger charge is -2.17. The number of fused-ring (bicyclic) bond motifs is 1. The predicted molar refractivity (Wildman–Crippen MR) is 109 cm³/mol. The van der Waals surface area contributed by atoms with Gasteiger partial charge < -0.3 is 4.90 Å². The van der Waals surface area contributed by atoms with E-state index in [0.29, 0.717) is 24.4 Å². The van der Waals surface area contributed by atoms with Crippen molar-refractivity contribution in [3.63, 3.8) is 0 Å². The summed E-state index contributed by atoms with van der Waals surface area (Å²) in [5.41, 5.74) is 0.975. The van der Waals surface area contributed by atoms with Gasteiger partial charge in [-0.25, -0.2) is 8.42 Å². The van der Waals surface area contributed by atoms with Crippen LogP contribution in [0.1, 0.15) is 27.6 Å². The van der Waals surface area contributed by atoms with E-state index in [1.165, 1.54) is 32.7 Å². The number of rotatable bonds is 4. The molecule has 0 bridgehead atoms. The van der Waals surface area contributed by atoms with E-state index in [0.717, 1.165) is 15.6 Å². The van der Waals surface area contributed by atoms with E-state index in [9.17, 15) is 13.2 Å². The average molecular weight is 419 g/mol. The molecule has 9 heteroatoms. The zero-order valence-corrected chi connectivity index (χ0v) is 17.6. The summed E-state index contributed by atoms with van der Waals surface area (Å²) in [6, 6.07) is 7.95. The maximum atomic E-state index is 13.0. The molecule has 0 radical (unpaired) electrons. The number of aromatic nitrogens is 2. The zero-order chi connectivity index (χ0) is 20.1. The van der Waals surface area contributed by atoms with E-state index in [1.54, 1.807) is 26.0 Å². The summed E-state index contributed by atoms with van der Waals surface area (Å²) >= 11 is 1.48. The van der Waals surface area contributed by atoms with Gasteiger partial charge in [0.2, 0.25) is 10.0 Å². The van der Waals surface area contributed by atoms with Crippen LogP contribution in [0.2, 0.25) is 0 Å². The lowest BCUT2D eigenvalue weighted by molar-refractivity contribution is 0.0831. The molecule has 4 rings (SSSR count). The van der Waals surface area contributed by atoms with Gasteiger partial charge in [0, 0.05) is 51.0 Å². The maximum Gasteiger partial charge on any atom is 0.263 e. The van der Waals surface area contributed by atoms with Crippen molar-refractivity contribution in [3.05, 3.63) is 47.1 Å². The highest BCUT2D eigenvalue weighted by Gasteiger charge is 2.37. The van der Waals surface area contributed by atoms with Crippen molar-refractivity contribution in [2.24, 2.45) is 7.05 Å². The van der Waals surface area contributed by atoms with Crippen molar-refractivity contribution in [1.82, 2.24) is 19.0 Å². The van der Waals surface area contributed by atoms with Crippen LogP contribution >= 0.6 is 11.3 Å². The van der Waals surface area contributed by atoms with Crippen LogP contribution in [0, 0.1) is 0 Å². The van der Waals surface area contributed by atoms with Gasteiger partial charge in [-0.3, -0.25) is 9.48 Å². The first-order valence-corrected chi connectivity index (χ1v) is 11.3. The number of sulfonamides is 1. The molecule has 1 fully saturated rings. The highest BCUT2D eigenvalue weighted by molar-refractivity contribution is 7.89. The van der Waals surface area contributed by atoms with Gasteiger partial charge in [0.1, 0.15) is 4.90 Å². The Kier molecular flexibility index (Phi) is 4.76. The maximum absolute atomic E-state index is 13.0. The van der Waals surface area contributed by atoms with Crippen LogP contribution in [-0.4, -0.2) is 60.5 Å². The molecule has 1 aliphatic rings. The fourth-order valence-corrected chi connectivity index (χ4v) is 6.49. The Morgan fingerprint density at radius 2 is 2.04 bits per heavy atom. The molecule has 0 N–H and O–H groups in total. The molecule has 1 unspecified atom stereocenters. The van der Waals surface area contributed by atoms with Gasteiger partial charge in [0.05, 0.1) is 11.1 Å². The molecule has 28 heavy (non-hydrogen) atoms. The SMILES string of the molecule is CN(C)C(=O)c1sc2ccccc2c1C1CCN(S(=O)(=O)c2cnn(C)c2)C1. The van der Waals surface area contributed by atoms with Crippen molar-refractivity contribution < 1.29 is 13.2 Å². The first-order chi connectivity index (χ1) is 13.3. The van der Waals surface area contributed by atoms with Crippen LogP contribution in [-0.2, 0) is 17.1 Å². The molecular weight excluding hydrogens is 396 g/mol. The van der Waals surface area contributed by atoms with E-state index >= 15 is 0 Å². The standard InChI is InChI=1S/C19H22N4O3S2/c1-21(2)19(24)18-17(15-6-4-5-7-16(15)27-18)13-8-9-23(11-13)28(25,26)14-10-20-22(3)12-14/h4-7,10,12-13H,8-9,11H2,1-3H3. The summed E-state index contributed by atoms with van der Waals surface area (Å²) in [6.45, 7) is 0.799. The summed E-state index contributed by atoms with van der Waals surface area (Å²) < 4.78 is 30.0. The summed E-state index contributed by atoms with van der Waals surface area (Å²) in [5, 5.41) is 5.03. The van der Waals surface area contributed by atoms with Crippen molar-refractivity contribution in [2.45, 2.75) is 17.2 Å². The Morgan fingerprint density at radius 1 is 1.29 bits per heavy atom. The molecule has 148 valence electrons. The van der Waals surface area contributed by atoms with E-state index in [-0.39, 0.29) is 16.7 Å². The Bertz CT molecular complexity index is 1150. The normalized spacial score (nSPS) is 18.0. The van der Waals surface area contributed by atoms with E-state index in [2.05, 4.69) is 5.10 Å². The number of hydrogen-bond acceptors (Lipinski definition) is 5. The Hall–Kier alpha value is -2.23. The molecule has 0 aliphatic carbocycles. The Balaban J connectivity index is 1.72. The fraction of sp³-hybridized carbons (Fsp3) is 0.368. The minimum atomic E-state index is -3.59. The van der Waals surface area contributed by atoms with E-state index in [4.69, 9.17) is 0 Å². The molecule has 0 saturated carbocycles. The number of carbonyl (C=O) groups excluding carboxylic acids is 1. The number of benzene rings is 1. The van der Waals surface area contributed by atoms with Crippen LogP contribution in [0.15, 0.2) is 41.6 Å². The van der Waals surface area contributed by atoms with Gasteiger partial charge >= 0.3 is 0 Å². The van der Waals surface area contributed by atoms with E-state index < -0.39 is 10.0 Å². The number of thiophene rings is 1. The van der Waals surface area contributed by atoms with Crippen molar-refractivity contribution in [3.8, 4) is 0 Å².